The number of carbonyl (C=O) groups excluding carboxylic acids is 7. The first-order chi connectivity index (χ1) is 30.3. The molecule has 342 valence electrons. The zero-order valence-electron chi connectivity index (χ0n) is 36.7. The molecule has 0 heterocycles. The van der Waals surface area contributed by atoms with Crippen LogP contribution in [0.4, 0.5) is 4.79 Å². The van der Waals surface area contributed by atoms with Gasteiger partial charge in [0, 0.05) is 38.9 Å². The Morgan fingerprint density at radius 1 is 0.476 bits per heavy atom. The minimum Gasteiger partial charge on any atom is -0.461 e. The van der Waals surface area contributed by atoms with Gasteiger partial charge in [0.05, 0.1) is 5.56 Å². The van der Waals surface area contributed by atoms with Gasteiger partial charge in [-0.25, -0.2) is 9.59 Å². The highest BCUT2D eigenvalue weighted by atomic mass is 16.6. The molecule has 63 heavy (non-hydrogen) atoms. The van der Waals surface area contributed by atoms with Crippen molar-refractivity contribution < 1.29 is 57.2 Å². The van der Waals surface area contributed by atoms with Gasteiger partial charge in [-0.2, -0.15) is 0 Å². The van der Waals surface area contributed by atoms with Crippen molar-refractivity contribution >= 4 is 41.8 Å². The second kappa shape index (κ2) is 29.1. The van der Waals surface area contributed by atoms with E-state index in [1.165, 1.54) is 12.1 Å². The van der Waals surface area contributed by atoms with Gasteiger partial charge < -0.3 is 39.6 Å². The summed E-state index contributed by atoms with van der Waals surface area (Å²) < 4.78 is 27.2. The largest absolute Gasteiger partial charge is 0.461 e. The third-order valence-corrected chi connectivity index (χ3v) is 9.22. The summed E-state index contributed by atoms with van der Waals surface area (Å²) in [6, 6.07) is 26.6. The fourth-order valence-electron chi connectivity index (χ4n) is 5.93. The molecule has 0 spiro atoms. The van der Waals surface area contributed by atoms with E-state index in [0.717, 1.165) is 11.1 Å². The molecule has 2 atom stereocenters. The predicted octanol–water partition coefficient (Wildman–Crippen LogP) is 7.05. The summed E-state index contributed by atoms with van der Waals surface area (Å²) in [7, 11) is 0. The van der Waals surface area contributed by atoms with E-state index in [1.807, 2.05) is 60.7 Å². The van der Waals surface area contributed by atoms with Crippen LogP contribution in [0.1, 0.15) is 119 Å². The molecule has 15 nitrogen and oxygen atoms in total. The van der Waals surface area contributed by atoms with Gasteiger partial charge in [-0.05, 0) is 82.6 Å². The van der Waals surface area contributed by atoms with Crippen LogP contribution in [-0.2, 0) is 60.9 Å². The van der Waals surface area contributed by atoms with Crippen LogP contribution >= 0.6 is 0 Å². The van der Waals surface area contributed by atoms with E-state index in [-0.39, 0.29) is 63.1 Å². The molecule has 0 aliphatic heterocycles. The van der Waals surface area contributed by atoms with Crippen LogP contribution in [0.5, 0.6) is 0 Å². The van der Waals surface area contributed by atoms with E-state index in [4.69, 9.17) is 23.7 Å². The minimum atomic E-state index is -1.85. The lowest BCUT2D eigenvalue weighted by molar-refractivity contribution is -0.166. The summed E-state index contributed by atoms with van der Waals surface area (Å²) in [4.78, 5) is 90.5. The Morgan fingerprint density at radius 3 is 1.32 bits per heavy atom. The average Bonchev–Trinajstić information content (AvgIpc) is 3.27. The van der Waals surface area contributed by atoms with Gasteiger partial charge in [0.1, 0.15) is 18.8 Å². The van der Waals surface area contributed by atoms with Crippen LogP contribution in [0.15, 0.2) is 91.0 Å². The maximum atomic E-state index is 13.8. The molecule has 3 rings (SSSR count). The number of hydrogen-bond acceptors (Lipinski definition) is 12. The Morgan fingerprint density at radius 2 is 0.873 bits per heavy atom. The standard InChI is InChI=1S/C48H63N3O12/c1-48(2,3)63-47(58)51-33-21-9-18-30-41(54)61-42(44(55)49-31-19-7-16-28-39(52)59-34-36-22-10-4-11-23-36)43(62-46(57)38-26-14-6-15-27-38)45(56)50-32-20-8-17-29-40(53)60-35-37-24-12-5-13-25-37/h4-6,10-15,22-27,42-43H,7-9,16-21,28-35H2,1-3H3,(H,49,55)(H,50,56)(H,51,58)/t42-,43-/m1/s1. The van der Waals surface area contributed by atoms with Crippen molar-refractivity contribution in [3.8, 4) is 0 Å². The molecule has 0 aromatic heterocycles. The zero-order valence-corrected chi connectivity index (χ0v) is 36.7. The van der Waals surface area contributed by atoms with Crippen molar-refractivity contribution in [1.29, 1.82) is 0 Å². The summed E-state index contributed by atoms with van der Waals surface area (Å²) in [5.41, 5.74) is 1.24. The number of amides is 3. The molecule has 0 aliphatic rings. The molecule has 3 aromatic carbocycles. The molecule has 3 amide bonds. The third-order valence-electron chi connectivity index (χ3n) is 9.22. The second-order valence-corrected chi connectivity index (χ2v) is 15.8. The second-order valence-electron chi connectivity index (χ2n) is 15.8. The number of alkyl carbamates (subject to hydrolysis) is 1. The van der Waals surface area contributed by atoms with E-state index < -0.39 is 47.7 Å². The highest BCUT2D eigenvalue weighted by molar-refractivity contribution is 5.96. The van der Waals surface area contributed by atoms with Crippen molar-refractivity contribution in [2.24, 2.45) is 0 Å². The van der Waals surface area contributed by atoms with Crippen molar-refractivity contribution in [3.05, 3.63) is 108 Å². The molecular weight excluding hydrogens is 811 g/mol. The molecule has 0 bridgehead atoms. The molecule has 0 aliphatic carbocycles. The molecular formula is C48H63N3O12. The number of nitrogens with one attached hydrogen (secondary N) is 3. The lowest BCUT2D eigenvalue weighted by atomic mass is 10.1. The Labute approximate surface area is 370 Å². The first-order valence-electron chi connectivity index (χ1n) is 21.7. The maximum absolute atomic E-state index is 13.8. The quantitative estimate of drug-likeness (QED) is 0.0382. The van der Waals surface area contributed by atoms with Crippen molar-refractivity contribution in [2.75, 3.05) is 19.6 Å². The van der Waals surface area contributed by atoms with E-state index in [1.54, 1.807) is 39.0 Å². The first kappa shape index (κ1) is 51.1. The van der Waals surface area contributed by atoms with Crippen LogP contribution < -0.4 is 16.0 Å². The molecule has 0 radical (unpaired) electrons. The molecule has 3 N–H and O–H groups in total. The Kier molecular flexibility index (Phi) is 23.6. The zero-order chi connectivity index (χ0) is 45.7. The van der Waals surface area contributed by atoms with Gasteiger partial charge in [0.25, 0.3) is 11.8 Å². The lowest BCUT2D eigenvalue weighted by Crippen LogP contribution is -2.53. The van der Waals surface area contributed by atoms with E-state index >= 15 is 0 Å². The summed E-state index contributed by atoms with van der Waals surface area (Å²) >= 11 is 0. The van der Waals surface area contributed by atoms with Crippen LogP contribution in [-0.4, -0.2) is 79.2 Å². The SMILES string of the molecule is CC(C)(C)OC(=O)NCCCCCC(=O)O[C@@H](C(=O)NCCCCCC(=O)OCc1ccccc1)[C@@H](OC(=O)c1ccccc1)C(=O)NCCCCCC(=O)OCc1ccccc1. The monoisotopic (exact) mass is 873 g/mol. The number of esters is 4. The predicted molar refractivity (Wildman–Crippen MR) is 234 cm³/mol. The molecule has 0 unspecified atom stereocenters. The van der Waals surface area contributed by atoms with Gasteiger partial charge >= 0.3 is 30.0 Å². The summed E-state index contributed by atoms with van der Waals surface area (Å²) in [5.74, 6) is -4.08. The Balaban J connectivity index is 1.59. The normalized spacial score (nSPS) is 11.9. The van der Waals surface area contributed by atoms with Gasteiger partial charge in [0.2, 0.25) is 12.2 Å². The summed E-state index contributed by atoms with van der Waals surface area (Å²) in [6.07, 6.45) is 0.461. The molecule has 0 fully saturated rings. The number of benzene rings is 3. The molecule has 0 saturated carbocycles. The smallest absolute Gasteiger partial charge is 0.407 e. The van der Waals surface area contributed by atoms with E-state index in [2.05, 4.69) is 16.0 Å². The topological polar surface area (TPSA) is 202 Å². The van der Waals surface area contributed by atoms with Crippen LogP contribution in [0.2, 0.25) is 0 Å². The van der Waals surface area contributed by atoms with Gasteiger partial charge in [-0.1, -0.05) is 98.1 Å². The van der Waals surface area contributed by atoms with Crippen LogP contribution in [0.25, 0.3) is 0 Å². The number of hydrogen-bond donors (Lipinski definition) is 3. The summed E-state index contributed by atoms with van der Waals surface area (Å²) in [5, 5.41) is 8.05. The van der Waals surface area contributed by atoms with Gasteiger partial charge in [-0.15, -0.1) is 0 Å². The van der Waals surface area contributed by atoms with Gasteiger partial charge in [-0.3, -0.25) is 24.0 Å². The highest BCUT2D eigenvalue weighted by Gasteiger charge is 2.40. The van der Waals surface area contributed by atoms with E-state index in [0.29, 0.717) is 64.3 Å². The van der Waals surface area contributed by atoms with Crippen molar-refractivity contribution in [1.82, 2.24) is 16.0 Å². The Hall–Kier alpha value is -6.25. The summed E-state index contributed by atoms with van der Waals surface area (Å²) in [6.45, 7) is 6.18. The number of unbranched alkanes of at least 4 members (excludes halogenated alkanes) is 6. The fourth-order valence-corrected chi connectivity index (χ4v) is 5.93. The van der Waals surface area contributed by atoms with Crippen molar-refractivity contribution in [2.45, 2.75) is 129 Å². The minimum absolute atomic E-state index is 0.113. The third kappa shape index (κ3) is 23.0. The number of ether oxygens (including phenoxy) is 5. The fraction of sp³-hybridized carbons (Fsp3) is 0.479. The highest BCUT2D eigenvalue weighted by Crippen LogP contribution is 2.15. The van der Waals surface area contributed by atoms with E-state index in [9.17, 15) is 33.6 Å². The van der Waals surface area contributed by atoms with Gasteiger partial charge in [0.15, 0.2) is 0 Å². The molecule has 15 heteroatoms. The number of carbonyl (C=O) groups is 7. The van der Waals surface area contributed by atoms with Crippen molar-refractivity contribution in [3.63, 3.8) is 0 Å². The maximum Gasteiger partial charge on any atom is 0.407 e. The average molecular weight is 874 g/mol. The number of rotatable bonds is 28. The molecule has 0 saturated heterocycles. The van der Waals surface area contributed by atoms with Crippen LogP contribution in [0, 0.1) is 0 Å². The molecule has 3 aromatic rings. The first-order valence-corrected chi connectivity index (χ1v) is 21.7. The Bertz CT molecular complexity index is 1850. The van der Waals surface area contributed by atoms with Crippen LogP contribution in [0.3, 0.4) is 0 Å². The lowest BCUT2D eigenvalue weighted by Gasteiger charge is -2.26.